The molecule has 9 nitrogen and oxygen atoms in total. The van der Waals surface area contributed by atoms with Gasteiger partial charge in [0, 0.05) is 12.5 Å². The molecule has 4 rings (SSSR count). The number of ether oxygens (including phenoxy) is 3. The van der Waals surface area contributed by atoms with Gasteiger partial charge in [0.25, 0.3) is 0 Å². The van der Waals surface area contributed by atoms with Gasteiger partial charge in [-0.2, -0.15) is 5.10 Å². The molecule has 0 radical (unpaired) electrons. The minimum Gasteiger partial charge on any atom is -0.493 e. The first-order valence-electron chi connectivity index (χ1n) is 10.2. The Kier molecular flexibility index (Phi) is 6.16. The molecule has 172 valence electrons. The SMILES string of the molecule is COc1ccc(-c2ccnn2-c2ccc(N3C[C@H](CNC(C)=O)OC3=O)cc2F)cc1OC. The second kappa shape index (κ2) is 9.19. The van der Waals surface area contributed by atoms with Crippen LogP contribution < -0.4 is 19.7 Å². The van der Waals surface area contributed by atoms with Gasteiger partial charge in [-0.3, -0.25) is 9.69 Å². The Bertz CT molecular complexity index is 1200. The molecule has 1 saturated heterocycles. The summed E-state index contributed by atoms with van der Waals surface area (Å²) in [7, 11) is 3.10. The lowest BCUT2D eigenvalue weighted by Gasteiger charge is -2.16. The van der Waals surface area contributed by atoms with Crippen LogP contribution in [0.5, 0.6) is 11.5 Å². The first-order chi connectivity index (χ1) is 15.9. The number of nitrogens with one attached hydrogen (secondary N) is 1. The molecule has 2 heterocycles. The number of nitrogens with zero attached hydrogens (tertiary/aromatic N) is 3. The van der Waals surface area contributed by atoms with E-state index in [1.165, 1.54) is 22.6 Å². The van der Waals surface area contributed by atoms with Gasteiger partial charge in [-0.15, -0.1) is 0 Å². The zero-order valence-electron chi connectivity index (χ0n) is 18.4. The van der Waals surface area contributed by atoms with Gasteiger partial charge in [-0.1, -0.05) is 0 Å². The summed E-state index contributed by atoms with van der Waals surface area (Å²) in [5.74, 6) is 0.345. The number of carbonyl (C=O) groups excluding carboxylic acids is 2. The average molecular weight is 454 g/mol. The molecule has 10 heteroatoms. The number of methoxy groups -OCH3 is 2. The molecule has 1 aliphatic heterocycles. The van der Waals surface area contributed by atoms with Crippen LogP contribution in [0.3, 0.4) is 0 Å². The van der Waals surface area contributed by atoms with Crippen LogP contribution in [0.2, 0.25) is 0 Å². The average Bonchev–Trinajstić information content (AvgIpc) is 3.43. The van der Waals surface area contributed by atoms with Crippen LogP contribution in [0.1, 0.15) is 6.92 Å². The van der Waals surface area contributed by atoms with Crippen LogP contribution in [0.25, 0.3) is 16.9 Å². The highest BCUT2D eigenvalue weighted by Crippen LogP contribution is 2.34. The summed E-state index contributed by atoms with van der Waals surface area (Å²) < 4.78 is 32.5. The molecule has 33 heavy (non-hydrogen) atoms. The summed E-state index contributed by atoms with van der Waals surface area (Å²) in [5, 5.41) is 6.89. The van der Waals surface area contributed by atoms with Crippen LogP contribution in [0.15, 0.2) is 48.7 Å². The Morgan fingerprint density at radius 3 is 2.67 bits per heavy atom. The maximum absolute atomic E-state index is 15.2. The van der Waals surface area contributed by atoms with E-state index in [4.69, 9.17) is 14.2 Å². The molecule has 2 aromatic carbocycles. The predicted molar refractivity (Wildman–Crippen MR) is 118 cm³/mol. The number of halogens is 1. The molecule has 0 saturated carbocycles. The van der Waals surface area contributed by atoms with Gasteiger partial charge in [-0.25, -0.2) is 13.9 Å². The van der Waals surface area contributed by atoms with E-state index in [0.717, 1.165) is 5.56 Å². The van der Waals surface area contributed by atoms with Gasteiger partial charge in [0.15, 0.2) is 17.3 Å². The third kappa shape index (κ3) is 4.45. The Morgan fingerprint density at radius 2 is 1.97 bits per heavy atom. The van der Waals surface area contributed by atoms with Crippen molar-refractivity contribution < 1.29 is 28.2 Å². The van der Waals surface area contributed by atoms with Crippen molar-refractivity contribution >= 4 is 17.7 Å². The number of hydrogen-bond donors (Lipinski definition) is 1. The molecular formula is C23H23FN4O5. The standard InChI is InChI=1S/C23H23FN4O5/c1-14(29)25-12-17-13-27(23(30)33-17)16-5-6-20(18(24)11-16)28-19(8-9-26-28)15-4-7-21(31-2)22(10-15)32-3/h4-11,17H,12-13H2,1-3H3,(H,25,29)/t17-/m0/s1. The van der Waals surface area contributed by atoms with Crippen molar-refractivity contribution in [2.75, 3.05) is 32.2 Å². The largest absolute Gasteiger partial charge is 0.493 e. The van der Waals surface area contributed by atoms with Crippen LogP contribution >= 0.6 is 0 Å². The summed E-state index contributed by atoms with van der Waals surface area (Å²) in [6.07, 6.45) is 0.471. The fourth-order valence-corrected chi connectivity index (χ4v) is 3.64. The van der Waals surface area contributed by atoms with E-state index in [1.807, 2.05) is 6.07 Å². The first-order valence-corrected chi connectivity index (χ1v) is 10.2. The van der Waals surface area contributed by atoms with Crippen LogP contribution in [-0.2, 0) is 9.53 Å². The fourth-order valence-electron chi connectivity index (χ4n) is 3.64. The molecule has 2 amide bonds. The van der Waals surface area contributed by atoms with E-state index in [9.17, 15) is 9.59 Å². The van der Waals surface area contributed by atoms with Crippen LogP contribution in [0.4, 0.5) is 14.9 Å². The number of benzene rings is 2. The zero-order valence-corrected chi connectivity index (χ0v) is 18.4. The molecule has 0 unspecified atom stereocenters. The molecular weight excluding hydrogens is 431 g/mol. The van der Waals surface area contributed by atoms with E-state index >= 15 is 4.39 Å². The third-order valence-corrected chi connectivity index (χ3v) is 5.25. The molecule has 0 bridgehead atoms. The molecule has 0 spiro atoms. The number of carbonyl (C=O) groups is 2. The third-order valence-electron chi connectivity index (χ3n) is 5.25. The number of rotatable bonds is 7. The Morgan fingerprint density at radius 1 is 1.18 bits per heavy atom. The van der Waals surface area contributed by atoms with Gasteiger partial charge in [0.2, 0.25) is 5.91 Å². The maximum Gasteiger partial charge on any atom is 0.414 e. The molecule has 3 aromatic rings. The number of anilines is 1. The number of cyclic esters (lactones) is 1. The van der Waals surface area contributed by atoms with Crippen molar-refractivity contribution in [1.82, 2.24) is 15.1 Å². The number of aromatic nitrogens is 2. The van der Waals surface area contributed by atoms with Crippen molar-refractivity contribution in [3.63, 3.8) is 0 Å². The van der Waals surface area contributed by atoms with Crippen molar-refractivity contribution in [2.24, 2.45) is 0 Å². The summed E-state index contributed by atoms with van der Waals surface area (Å²) in [6, 6.07) is 11.6. The van der Waals surface area contributed by atoms with Crippen LogP contribution in [-0.4, -0.2) is 55.2 Å². The summed E-state index contributed by atoms with van der Waals surface area (Å²) >= 11 is 0. The van der Waals surface area contributed by atoms with Gasteiger partial charge in [-0.05, 0) is 42.5 Å². The molecule has 0 aliphatic carbocycles. The van der Waals surface area contributed by atoms with E-state index in [0.29, 0.717) is 22.9 Å². The first kappa shape index (κ1) is 22.1. The van der Waals surface area contributed by atoms with E-state index < -0.39 is 18.0 Å². The minimum absolute atomic E-state index is 0.195. The predicted octanol–water partition coefficient (Wildman–Crippen LogP) is 3.16. The van der Waals surface area contributed by atoms with Crippen LogP contribution in [0, 0.1) is 5.82 Å². The summed E-state index contributed by atoms with van der Waals surface area (Å²) in [5.41, 5.74) is 1.98. The van der Waals surface area contributed by atoms with Gasteiger partial charge >= 0.3 is 6.09 Å². The lowest BCUT2D eigenvalue weighted by Crippen LogP contribution is -2.33. The lowest BCUT2D eigenvalue weighted by atomic mass is 10.1. The van der Waals surface area contributed by atoms with Crippen molar-refractivity contribution in [3.8, 4) is 28.4 Å². The van der Waals surface area contributed by atoms with Crippen molar-refractivity contribution in [2.45, 2.75) is 13.0 Å². The minimum atomic E-state index is -0.595. The van der Waals surface area contributed by atoms with Crippen molar-refractivity contribution in [1.29, 1.82) is 0 Å². The zero-order chi connectivity index (χ0) is 23.5. The normalized spacial score (nSPS) is 15.3. The number of hydrogen-bond acceptors (Lipinski definition) is 6. The van der Waals surface area contributed by atoms with Crippen molar-refractivity contribution in [3.05, 3.63) is 54.5 Å². The topological polar surface area (TPSA) is 94.9 Å². The van der Waals surface area contributed by atoms with E-state index in [-0.39, 0.29) is 24.7 Å². The van der Waals surface area contributed by atoms with Gasteiger partial charge in [0.1, 0.15) is 11.8 Å². The molecule has 1 fully saturated rings. The molecule has 1 aliphatic rings. The van der Waals surface area contributed by atoms with Gasteiger partial charge < -0.3 is 19.5 Å². The monoisotopic (exact) mass is 454 g/mol. The fraction of sp³-hybridized carbons (Fsp3) is 0.261. The highest BCUT2D eigenvalue weighted by molar-refractivity contribution is 5.90. The second-order valence-electron chi connectivity index (χ2n) is 7.39. The molecule has 1 aromatic heterocycles. The Hall–Kier alpha value is -4.08. The smallest absolute Gasteiger partial charge is 0.414 e. The summed E-state index contributed by atoms with van der Waals surface area (Å²) in [6.45, 7) is 1.78. The van der Waals surface area contributed by atoms with Gasteiger partial charge in [0.05, 0.1) is 44.9 Å². The lowest BCUT2D eigenvalue weighted by molar-refractivity contribution is -0.119. The second-order valence-corrected chi connectivity index (χ2v) is 7.39. The molecule has 1 N–H and O–H groups in total. The quantitative estimate of drug-likeness (QED) is 0.589. The maximum atomic E-state index is 15.2. The highest BCUT2D eigenvalue weighted by Gasteiger charge is 2.32. The summed E-state index contributed by atoms with van der Waals surface area (Å²) in [4.78, 5) is 24.7. The highest BCUT2D eigenvalue weighted by atomic mass is 19.1. The molecule has 1 atom stereocenters. The van der Waals surface area contributed by atoms with E-state index in [1.54, 1.807) is 50.7 Å². The Balaban J connectivity index is 1.60. The Labute approximate surface area is 189 Å². The number of amides is 2. The van der Waals surface area contributed by atoms with E-state index in [2.05, 4.69) is 10.4 Å².